The van der Waals surface area contributed by atoms with Crippen LogP contribution in [0.5, 0.6) is 0 Å². The predicted octanol–water partition coefficient (Wildman–Crippen LogP) is 4.82. The predicted molar refractivity (Wildman–Crippen MR) is 121 cm³/mol. The van der Waals surface area contributed by atoms with Gasteiger partial charge in [0.25, 0.3) is 5.91 Å². The second-order valence-corrected chi connectivity index (χ2v) is 7.86. The summed E-state index contributed by atoms with van der Waals surface area (Å²) in [5.74, 6) is 2.08. The van der Waals surface area contributed by atoms with E-state index in [-0.39, 0.29) is 5.91 Å². The van der Waals surface area contributed by atoms with Gasteiger partial charge in [0.2, 0.25) is 5.95 Å². The standard InChI is InChI=1S/C23H19ClN6O2/c1-13-5-10-18(32-13)20-19(22(31)27-17-4-3-11-25-12-17)14(2)26-23-28-21(29-30(20)23)15-6-8-16(24)9-7-15/h3-12,20H,1-2H3,(H,27,31)(H,26,28,29). The van der Waals surface area contributed by atoms with Crippen LogP contribution in [-0.4, -0.2) is 25.7 Å². The van der Waals surface area contributed by atoms with Crippen LogP contribution < -0.4 is 10.6 Å². The zero-order chi connectivity index (χ0) is 22.2. The highest BCUT2D eigenvalue weighted by Gasteiger charge is 2.36. The second-order valence-electron chi connectivity index (χ2n) is 7.42. The van der Waals surface area contributed by atoms with Gasteiger partial charge in [-0.15, -0.1) is 5.10 Å². The number of carbonyl (C=O) groups is 1. The number of aryl methyl sites for hydroxylation is 1. The number of anilines is 2. The first-order valence-corrected chi connectivity index (χ1v) is 10.4. The number of aromatic nitrogens is 4. The number of rotatable bonds is 4. The van der Waals surface area contributed by atoms with E-state index in [9.17, 15) is 4.79 Å². The van der Waals surface area contributed by atoms with Gasteiger partial charge in [-0.25, -0.2) is 4.68 Å². The Morgan fingerprint density at radius 3 is 2.66 bits per heavy atom. The minimum absolute atomic E-state index is 0.281. The van der Waals surface area contributed by atoms with Crippen molar-refractivity contribution in [1.29, 1.82) is 0 Å². The number of hydrogen-bond acceptors (Lipinski definition) is 6. The van der Waals surface area contributed by atoms with Crippen molar-refractivity contribution in [3.05, 3.63) is 88.7 Å². The third-order valence-corrected chi connectivity index (χ3v) is 5.40. The monoisotopic (exact) mass is 446 g/mol. The number of pyridine rings is 1. The number of allylic oxidation sites excluding steroid dienone is 1. The van der Waals surface area contributed by atoms with E-state index in [4.69, 9.17) is 21.1 Å². The van der Waals surface area contributed by atoms with Crippen molar-refractivity contribution in [3.8, 4) is 11.4 Å². The zero-order valence-corrected chi connectivity index (χ0v) is 18.1. The van der Waals surface area contributed by atoms with Gasteiger partial charge in [-0.2, -0.15) is 4.98 Å². The molecular formula is C23H19ClN6O2. The summed E-state index contributed by atoms with van der Waals surface area (Å²) < 4.78 is 7.60. The Hall–Kier alpha value is -3.91. The van der Waals surface area contributed by atoms with Crippen LogP contribution in [0.15, 0.2) is 76.6 Å². The third kappa shape index (κ3) is 3.65. The molecule has 32 heavy (non-hydrogen) atoms. The van der Waals surface area contributed by atoms with Gasteiger partial charge < -0.3 is 15.1 Å². The lowest BCUT2D eigenvalue weighted by molar-refractivity contribution is -0.113. The van der Waals surface area contributed by atoms with E-state index >= 15 is 0 Å². The summed E-state index contributed by atoms with van der Waals surface area (Å²) in [6.07, 6.45) is 3.24. The summed E-state index contributed by atoms with van der Waals surface area (Å²) in [6.45, 7) is 3.69. The van der Waals surface area contributed by atoms with Gasteiger partial charge in [-0.3, -0.25) is 9.78 Å². The average Bonchev–Trinajstić information content (AvgIpc) is 3.40. The maximum Gasteiger partial charge on any atom is 0.256 e. The number of nitrogens with one attached hydrogen (secondary N) is 2. The van der Waals surface area contributed by atoms with Gasteiger partial charge in [-0.1, -0.05) is 11.6 Å². The van der Waals surface area contributed by atoms with Gasteiger partial charge in [0.15, 0.2) is 5.82 Å². The molecule has 1 unspecified atom stereocenters. The van der Waals surface area contributed by atoms with Gasteiger partial charge in [0, 0.05) is 22.5 Å². The summed E-state index contributed by atoms with van der Waals surface area (Å²) in [7, 11) is 0. The highest BCUT2D eigenvalue weighted by molar-refractivity contribution is 6.30. The normalized spacial score (nSPS) is 15.3. The molecule has 0 saturated heterocycles. The molecule has 0 saturated carbocycles. The van der Waals surface area contributed by atoms with Crippen LogP contribution in [-0.2, 0) is 4.79 Å². The number of furan rings is 1. The second kappa shape index (κ2) is 7.97. The number of amides is 1. The Labute approximate surface area is 189 Å². The molecule has 2 N–H and O–H groups in total. The molecule has 1 aliphatic heterocycles. The summed E-state index contributed by atoms with van der Waals surface area (Å²) in [5, 5.41) is 11.5. The molecule has 1 atom stereocenters. The van der Waals surface area contributed by atoms with Crippen molar-refractivity contribution < 1.29 is 9.21 Å². The van der Waals surface area contributed by atoms with E-state index in [0.717, 1.165) is 11.3 Å². The molecular weight excluding hydrogens is 428 g/mol. The first kappa shape index (κ1) is 20.0. The van der Waals surface area contributed by atoms with Gasteiger partial charge in [-0.05, 0) is 62.4 Å². The summed E-state index contributed by atoms with van der Waals surface area (Å²) in [6, 6.07) is 13.9. The first-order valence-electron chi connectivity index (χ1n) is 9.97. The number of halogens is 1. The molecule has 1 aliphatic rings. The molecule has 3 aromatic heterocycles. The number of nitrogens with zero attached hydrogens (tertiary/aromatic N) is 4. The maximum absolute atomic E-state index is 13.3. The minimum atomic E-state index is -0.592. The molecule has 1 amide bonds. The van der Waals surface area contributed by atoms with Crippen molar-refractivity contribution in [2.75, 3.05) is 10.6 Å². The van der Waals surface area contributed by atoms with Crippen LogP contribution >= 0.6 is 11.6 Å². The zero-order valence-electron chi connectivity index (χ0n) is 17.3. The highest BCUT2D eigenvalue weighted by Crippen LogP contribution is 2.37. The molecule has 8 nitrogen and oxygen atoms in total. The Morgan fingerprint density at radius 2 is 1.97 bits per heavy atom. The van der Waals surface area contributed by atoms with Gasteiger partial charge >= 0.3 is 0 Å². The van der Waals surface area contributed by atoms with Crippen LogP contribution in [0.4, 0.5) is 11.6 Å². The fourth-order valence-corrected chi connectivity index (χ4v) is 3.79. The van der Waals surface area contributed by atoms with Crippen molar-refractivity contribution in [2.24, 2.45) is 0 Å². The maximum atomic E-state index is 13.3. The van der Waals surface area contributed by atoms with Crippen molar-refractivity contribution in [1.82, 2.24) is 19.7 Å². The fourth-order valence-electron chi connectivity index (χ4n) is 3.66. The molecule has 0 fully saturated rings. The Bertz CT molecular complexity index is 1320. The molecule has 1 aromatic carbocycles. The highest BCUT2D eigenvalue weighted by atomic mass is 35.5. The number of benzene rings is 1. The van der Waals surface area contributed by atoms with Crippen LogP contribution in [0.25, 0.3) is 11.4 Å². The van der Waals surface area contributed by atoms with E-state index in [0.29, 0.717) is 39.5 Å². The van der Waals surface area contributed by atoms with Crippen LogP contribution in [0.3, 0.4) is 0 Å². The Morgan fingerprint density at radius 1 is 1.16 bits per heavy atom. The van der Waals surface area contributed by atoms with E-state index < -0.39 is 6.04 Å². The number of hydrogen-bond donors (Lipinski definition) is 2. The Kier molecular flexibility index (Phi) is 4.99. The average molecular weight is 447 g/mol. The molecule has 4 heterocycles. The molecule has 4 aromatic rings. The molecule has 0 bridgehead atoms. The molecule has 0 spiro atoms. The molecule has 9 heteroatoms. The summed E-state index contributed by atoms with van der Waals surface area (Å²) >= 11 is 6.02. The van der Waals surface area contributed by atoms with E-state index in [1.54, 1.807) is 41.3 Å². The quantitative estimate of drug-likeness (QED) is 0.466. The lowest BCUT2D eigenvalue weighted by Gasteiger charge is -2.27. The molecule has 5 rings (SSSR count). The van der Waals surface area contributed by atoms with E-state index in [1.807, 2.05) is 38.1 Å². The fraction of sp³-hybridized carbons (Fsp3) is 0.130. The SMILES string of the molecule is CC1=C(C(=O)Nc2cccnc2)C(c2ccc(C)o2)n2nc(-c3ccc(Cl)cc3)nc2N1. The smallest absolute Gasteiger partial charge is 0.256 e. The minimum Gasteiger partial charge on any atom is -0.464 e. The molecule has 0 radical (unpaired) electrons. The lowest BCUT2D eigenvalue weighted by atomic mass is 10.00. The number of fused-ring (bicyclic) bond motifs is 1. The van der Waals surface area contributed by atoms with Gasteiger partial charge in [0.05, 0.1) is 17.5 Å². The van der Waals surface area contributed by atoms with Gasteiger partial charge in [0.1, 0.15) is 17.6 Å². The molecule has 160 valence electrons. The Balaban J connectivity index is 1.59. The topological polar surface area (TPSA) is 97.9 Å². The van der Waals surface area contributed by atoms with Crippen molar-refractivity contribution >= 4 is 29.1 Å². The van der Waals surface area contributed by atoms with Crippen LogP contribution in [0.1, 0.15) is 24.5 Å². The van der Waals surface area contributed by atoms with Crippen LogP contribution in [0.2, 0.25) is 5.02 Å². The lowest BCUT2D eigenvalue weighted by Crippen LogP contribution is -2.31. The summed E-state index contributed by atoms with van der Waals surface area (Å²) in [4.78, 5) is 22.0. The van der Waals surface area contributed by atoms with E-state index in [1.165, 1.54) is 0 Å². The molecule has 0 aliphatic carbocycles. The van der Waals surface area contributed by atoms with E-state index in [2.05, 4.69) is 20.6 Å². The first-order chi connectivity index (χ1) is 15.5. The third-order valence-electron chi connectivity index (χ3n) is 5.15. The largest absolute Gasteiger partial charge is 0.464 e. The van der Waals surface area contributed by atoms with Crippen molar-refractivity contribution in [3.63, 3.8) is 0 Å². The number of carbonyl (C=O) groups excluding carboxylic acids is 1. The summed E-state index contributed by atoms with van der Waals surface area (Å²) in [5.41, 5.74) is 2.54. The van der Waals surface area contributed by atoms with Crippen LogP contribution in [0, 0.1) is 6.92 Å². The van der Waals surface area contributed by atoms with Crippen molar-refractivity contribution in [2.45, 2.75) is 19.9 Å².